The van der Waals surface area contributed by atoms with Crippen molar-refractivity contribution in [2.24, 2.45) is 5.92 Å². The highest BCUT2D eigenvalue weighted by molar-refractivity contribution is 5.94. The van der Waals surface area contributed by atoms with E-state index in [1.165, 1.54) is 7.11 Å². The molecule has 0 spiro atoms. The number of likely N-dealkylation sites (tertiary alicyclic amines) is 1. The molecule has 24 heavy (non-hydrogen) atoms. The predicted molar refractivity (Wildman–Crippen MR) is 86.5 cm³/mol. The maximum atomic E-state index is 12.5. The van der Waals surface area contributed by atoms with Crippen molar-refractivity contribution in [3.63, 3.8) is 0 Å². The number of ether oxygens (including phenoxy) is 1. The van der Waals surface area contributed by atoms with Crippen LogP contribution < -0.4 is 5.32 Å². The number of carbonyl (C=O) groups is 3. The van der Waals surface area contributed by atoms with Gasteiger partial charge >= 0.3 is 5.97 Å². The van der Waals surface area contributed by atoms with Gasteiger partial charge in [-0.1, -0.05) is 18.2 Å². The van der Waals surface area contributed by atoms with Crippen LogP contribution in [0.3, 0.4) is 0 Å². The topological polar surface area (TPSA) is 95.9 Å². The number of carboxylic acids is 1. The Morgan fingerprint density at radius 2 is 2.04 bits per heavy atom. The van der Waals surface area contributed by atoms with Gasteiger partial charge in [-0.15, -0.1) is 0 Å². The summed E-state index contributed by atoms with van der Waals surface area (Å²) < 4.78 is 4.81. The van der Waals surface area contributed by atoms with Crippen molar-refractivity contribution in [2.45, 2.75) is 18.9 Å². The van der Waals surface area contributed by atoms with E-state index in [1.807, 2.05) is 6.07 Å². The summed E-state index contributed by atoms with van der Waals surface area (Å²) in [6, 6.07) is 7.83. The standard InChI is InChI=1S/C17H22N2O5/c1-24-11-14(17(22)23)18-15(20)13-8-5-9-19(10-13)16(21)12-6-3-2-4-7-12/h2-4,6-7,13-14H,5,8-11H2,1H3,(H,18,20)(H,22,23). The van der Waals surface area contributed by atoms with Crippen LogP contribution >= 0.6 is 0 Å². The number of methoxy groups -OCH3 is 1. The van der Waals surface area contributed by atoms with E-state index in [0.717, 1.165) is 0 Å². The zero-order valence-electron chi connectivity index (χ0n) is 13.6. The molecule has 0 saturated carbocycles. The van der Waals surface area contributed by atoms with Crippen LogP contribution in [-0.2, 0) is 14.3 Å². The highest BCUT2D eigenvalue weighted by Crippen LogP contribution is 2.19. The lowest BCUT2D eigenvalue weighted by atomic mass is 9.96. The van der Waals surface area contributed by atoms with Crippen molar-refractivity contribution in [3.8, 4) is 0 Å². The normalized spacial score (nSPS) is 18.7. The SMILES string of the molecule is COCC(NC(=O)C1CCCN(C(=O)c2ccccc2)C1)C(=O)O. The van der Waals surface area contributed by atoms with Gasteiger partial charge in [0.05, 0.1) is 12.5 Å². The molecule has 1 fully saturated rings. The third kappa shape index (κ3) is 4.55. The maximum Gasteiger partial charge on any atom is 0.328 e. The van der Waals surface area contributed by atoms with E-state index in [4.69, 9.17) is 9.84 Å². The van der Waals surface area contributed by atoms with Crippen LogP contribution in [0.5, 0.6) is 0 Å². The third-order valence-corrected chi connectivity index (χ3v) is 4.05. The Hall–Kier alpha value is -2.41. The van der Waals surface area contributed by atoms with Crippen LogP contribution in [0.2, 0.25) is 0 Å². The molecule has 2 rings (SSSR count). The summed E-state index contributed by atoms with van der Waals surface area (Å²) >= 11 is 0. The molecule has 7 nitrogen and oxygen atoms in total. The zero-order valence-corrected chi connectivity index (χ0v) is 13.6. The van der Waals surface area contributed by atoms with Gasteiger partial charge in [-0.25, -0.2) is 4.79 Å². The molecule has 7 heteroatoms. The van der Waals surface area contributed by atoms with E-state index in [0.29, 0.717) is 31.5 Å². The van der Waals surface area contributed by atoms with Crippen molar-refractivity contribution in [3.05, 3.63) is 35.9 Å². The predicted octanol–water partition coefficient (Wildman–Crippen LogP) is 0.755. The highest BCUT2D eigenvalue weighted by Gasteiger charge is 2.31. The Morgan fingerprint density at radius 1 is 1.33 bits per heavy atom. The number of nitrogens with one attached hydrogen (secondary N) is 1. The second-order valence-corrected chi connectivity index (χ2v) is 5.81. The summed E-state index contributed by atoms with van der Waals surface area (Å²) in [4.78, 5) is 37.6. The number of rotatable bonds is 6. The minimum Gasteiger partial charge on any atom is -0.480 e. The first-order chi connectivity index (χ1) is 11.5. The monoisotopic (exact) mass is 334 g/mol. The summed E-state index contributed by atoms with van der Waals surface area (Å²) in [7, 11) is 1.38. The summed E-state index contributed by atoms with van der Waals surface area (Å²) in [5.74, 6) is -2.02. The molecule has 1 aliphatic rings. The molecule has 1 aromatic carbocycles. The van der Waals surface area contributed by atoms with E-state index in [9.17, 15) is 14.4 Å². The number of piperidine rings is 1. The second kappa shape index (κ2) is 8.44. The van der Waals surface area contributed by atoms with E-state index in [-0.39, 0.29) is 18.4 Å². The fourth-order valence-corrected chi connectivity index (χ4v) is 2.77. The van der Waals surface area contributed by atoms with Gasteiger partial charge in [-0.3, -0.25) is 9.59 Å². The minimum absolute atomic E-state index is 0.0968. The van der Waals surface area contributed by atoms with Gasteiger partial charge in [0.1, 0.15) is 0 Å². The van der Waals surface area contributed by atoms with E-state index >= 15 is 0 Å². The number of hydrogen-bond acceptors (Lipinski definition) is 4. The molecule has 2 atom stereocenters. The van der Waals surface area contributed by atoms with Crippen LogP contribution in [0.4, 0.5) is 0 Å². The Labute approximate surface area is 140 Å². The molecule has 0 aromatic heterocycles. The van der Waals surface area contributed by atoms with Crippen molar-refractivity contribution in [1.29, 1.82) is 0 Å². The molecular weight excluding hydrogens is 312 g/mol. The number of nitrogens with zero attached hydrogens (tertiary/aromatic N) is 1. The summed E-state index contributed by atoms with van der Waals surface area (Å²) in [5, 5.41) is 11.6. The maximum absolute atomic E-state index is 12.5. The molecule has 1 heterocycles. The molecular formula is C17H22N2O5. The second-order valence-electron chi connectivity index (χ2n) is 5.81. The van der Waals surface area contributed by atoms with Crippen molar-refractivity contribution >= 4 is 17.8 Å². The Morgan fingerprint density at radius 3 is 2.67 bits per heavy atom. The van der Waals surface area contributed by atoms with Gasteiger partial charge in [0.2, 0.25) is 5.91 Å². The lowest BCUT2D eigenvalue weighted by molar-refractivity contribution is -0.144. The van der Waals surface area contributed by atoms with Crippen LogP contribution in [0.1, 0.15) is 23.2 Å². The van der Waals surface area contributed by atoms with E-state index in [2.05, 4.69) is 5.32 Å². The molecule has 1 aromatic rings. The van der Waals surface area contributed by atoms with Gasteiger partial charge in [-0.2, -0.15) is 0 Å². The largest absolute Gasteiger partial charge is 0.480 e. The zero-order chi connectivity index (χ0) is 17.5. The first kappa shape index (κ1) is 17.9. The van der Waals surface area contributed by atoms with Crippen molar-refractivity contribution < 1.29 is 24.2 Å². The molecule has 0 aliphatic carbocycles. The lowest BCUT2D eigenvalue weighted by Crippen LogP contribution is -2.50. The number of aliphatic carboxylic acids is 1. The van der Waals surface area contributed by atoms with Crippen LogP contribution in [-0.4, -0.2) is 60.6 Å². The van der Waals surface area contributed by atoms with Crippen LogP contribution in [0, 0.1) is 5.92 Å². The quantitative estimate of drug-likeness (QED) is 0.800. The van der Waals surface area contributed by atoms with Crippen LogP contribution in [0.15, 0.2) is 30.3 Å². The number of carboxylic acid groups (broad SMARTS) is 1. The highest BCUT2D eigenvalue weighted by atomic mass is 16.5. The number of benzene rings is 1. The van der Waals surface area contributed by atoms with Gasteiger partial charge in [0.15, 0.2) is 6.04 Å². The van der Waals surface area contributed by atoms with Gasteiger partial charge in [-0.05, 0) is 25.0 Å². The lowest BCUT2D eigenvalue weighted by Gasteiger charge is -2.32. The third-order valence-electron chi connectivity index (χ3n) is 4.05. The first-order valence-electron chi connectivity index (χ1n) is 7.89. The number of amides is 2. The van der Waals surface area contributed by atoms with Gasteiger partial charge in [0, 0.05) is 25.8 Å². The molecule has 0 radical (unpaired) electrons. The molecule has 130 valence electrons. The molecule has 0 bridgehead atoms. The number of carbonyl (C=O) groups excluding carboxylic acids is 2. The van der Waals surface area contributed by atoms with E-state index in [1.54, 1.807) is 29.2 Å². The average Bonchev–Trinajstić information content (AvgIpc) is 2.61. The van der Waals surface area contributed by atoms with Crippen LogP contribution in [0.25, 0.3) is 0 Å². The smallest absolute Gasteiger partial charge is 0.328 e. The molecule has 1 saturated heterocycles. The summed E-state index contributed by atoms with van der Waals surface area (Å²) in [6.07, 6.45) is 1.34. The Balaban J connectivity index is 1.98. The molecule has 2 amide bonds. The molecule has 2 unspecified atom stereocenters. The van der Waals surface area contributed by atoms with Gasteiger partial charge < -0.3 is 20.1 Å². The summed E-state index contributed by atoms with van der Waals surface area (Å²) in [6.45, 7) is 0.789. The fraction of sp³-hybridized carbons (Fsp3) is 0.471. The fourth-order valence-electron chi connectivity index (χ4n) is 2.77. The summed E-state index contributed by atoms with van der Waals surface area (Å²) in [5.41, 5.74) is 0.585. The van der Waals surface area contributed by atoms with Gasteiger partial charge in [0.25, 0.3) is 5.91 Å². The average molecular weight is 334 g/mol. The van der Waals surface area contributed by atoms with E-state index < -0.39 is 17.9 Å². The molecule has 2 N–H and O–H groups in total. The number of hydrogen-bond donors (Lipinski definition) is 2. The van der Waals surface area contributed by atoms with Crippen molar-refractivity contribution in [1.82, 2.24) is 10.2 Å². The minimum atomic E-state index is -1.14. The molecule has 1 aliphatic heterocycles. The first-order valence-corrected chi connectivity index (χ1v) is 7.89. The van der Waals surface area contributed by atoms with Crippen molar-refractivity contribution in [2.75, 3.05) is 26.8 Å². The Bertz CT molecular complexity index is 590. The Kier molecular flexibility index (Phi) is 6.31.